The van der Waals surface area contributed by atoms with Crippen LogP contribution in [-0.2, 0) is 11.8 Å². The third-order valence-corrected chi connectivity index (χ3v) is 2.47. The molecule has 13 heavy (non-hydrogen) atoms. The summed E-state index contributed by atoms with van der Waals surface area (Å²) in [5.74, 6) is 0.717. The highest BCUT2D eigenvalue weighted by molar-refractivity contribution is 5.29. The minimum atomic E-state index is -0.342. The van der Waals surface area contributed by atoms with E-state index < -0.39 is 0 Å². The van der Waals surface area contributed by atoms with E-state index in [1.165, 1.54) is 0 Å². The molecule has 3 nitrogen and oxygen atoms in total. The monoisotopic (exact) mass is 173 g/mol. The molecule has 0 radical (unpaired) electrons. The highest BCUT2D eigenvalue weighted by Gasteiger charge is 2.47. The molecule has 1 fully saturated rings. The quantitative estimate of drug-likeness (QED) is 0.682. The van der Waals surface area contributed by atoms with Crippen molar-refractivity contribution in [1.82, 2.24) is 9.97 Å². The summed E-state index contributed by atoms with van der Waals surface area (Å²) in [7, 11) is 0. The normalized spacial score (nSPS) is 17.8. The van der Waals surface area contributed by atoms with Crippen molar-refractivity contribution >= 4 is 0 Å². The van der Waals surface area contributed by atoms with Crippen LogP contribution < -0.4 is 0 Å². The zero-order valence-corrected chi connectivity index (χ0v) is 7.62. The van der Waals surface area contributed by atoms with Gasteiger partial charge in [-0.15, -0.1) is 0 Å². The molecule has 0 saturated heterocycles. The van der Waals surface area contributed by atoms with Crippen LogP contribution in [-0.4, -0.2) is 9.97 Å². The summed E-state index contributed by atoms with van der Waals surface area (Å²) in [4.78, 5) is 8.52. The number of rotatable bonds is 2. The van der Waals surface area contributed by atoms with Crippen LogP contribution >= 0.6 is 0 Å². The van der Waals surface area contributed by atoms with Crippen LogP contribution in [0.1, 0.15) is 31.3 Å². The molecule has 1 aliphatic rings. The maximum Gasteiger partial charge on any atom is 0.148 e. The van der Waals surface area contributed by atoms with Crippen LogP contribution in [0.15, 0.2) is 12.3 Å². The van der Waals surface area contributed by atoms with E-state index in [1.54, 1.807) is 6.20 Å². The van der Waals surface area contributed by atoms with Gasteiger partial charge in [0.25, 0.3) is 0 Å². The number of hydrogen-bond acceptors (Lipinski definition) is 3. The second-order valence-corrected chi connectivity index (χ2v) is 3.42. The Labute approximate surface area is 77.4 Å². The molecule has 0 aromatic carbocycles. The molecule has 0 amide bonds. The SMILES string of the molecule is CCc1ccnc(C2(C#N)CC2)n1. The zero-order valence-electron chi connectivity index (χ0n) is 7.62. The third kappa shape index (κ3) is 1.29. The van der Waals surface area contributed by atoms with Crippen molar-refractivity contribution in [2.75, 3.05) is 0 Å². The number of aryl methyl sites for hydroxylation is 1. The van der Waals surface area contributed by atoms with Crippen LogP contribution in [0.5, 0.6) is 0 Å². The van der Waals surface area contributed by atoms with E-state index in [4.69, 9.17) is 5.26 Å². The molecule has 0 atom stereocenters. The van der Waals surface area contributed by atoms with Gasteiger partial charge < -0.3 is 0 Å². The number of nitriles is 1. The van der Waals surface area contributed by atoms with Gasteiger partial charge in [0.05, 0.1) is 6.07 Å². The van der Waals surface area contributed by atoms with Crippen LogP contribution in [0.2, 0.25) is 0 Å². The smallest absolute Gasteiger partial charge is 0.148 e. The molecule has 2 rings (SSSR count). The molecule has 1 saturated carbocycles. The summed E-state index contributed by atoms with van der Waals surface area (Å²) in [6.45, 7) is 2.05. The lowest BCUT2D eigenvalue weighted by molar-refractivity contribution is 0.777. The molecule has 1 heterocycles. The lowest BCUT2D eigenvalue weighted by atomic mass is 10.1. The average molecular weight is 173 g/mol. The summed E-state index contributed by atoms with van der Waals surface area (Å²) in [6, 6.07) is 4.19. The number of aromatic nitrogens is 2. The standard InChI is InChI=1S/C10H11N3/c1-2-8-3-6-12-9(13-8)10(7-11)4-5-10/h3,6H,2,4-5H2,1H3. The minimum Gasteiger partial charge on any atom is -0.240 e. The van der Waals surface area contributed by atoms with Gasteiger partial charge in [-0.1, -0.05) is 6.92 Å². The molecule has 3 heteroatoms. The van der Waals surface area contributed by atoms with E-state index >= 15 is 0 Å². The first-order valence-electron chi connectivity index (χ1n) is 4.54. The van der Waals surface area contributed by atoms with Crippen molar-refractivity contribution in [2.45, 2.75) is 31.6 Å². The van der Waals surface area contributed by atoms with Gasteiger partial charge >= 0.3 is 0 Å². The van der Waals surface area contributed by atoms with Gasteiger partial charge in [-0.05, 0) is 25.3 Å². The summed E-state index contributed by atoms with van der Waals surface area (Å²) in [5, 5.41) is 8.94. The summed E-state index contributed by atoms with van der Waals surface area (Å²) >= 11 is 0. The summed E-state index contributed by atoms with van der Waals surface area (Å²) < 4.78 is 0. The Kier molecular flexibility index (Phi) is 1.77. The zero-order chi connectivity index (χ0) is 9.31. The second-order valence-electron chi connectivity index (χ2n) is 3.42. The molecular weight excluding hydrogens is 162 g/mol. The average Bonchev–Trinajstić information content (AvgIpc) is 2.99. The van der Waals surface area contributed by atoms with Crippen LogP contribution in [0.4, 0.5) is 0 Å². The van der Waals surface area contributed by atoms with Crippen molar-refractivity contribution in [3.05, 3.63) is 23.8 Å². The Morgan fingerprint density at radius 3 is 2.92 bits per heavy atom. The van der Waals surface area contributed by atoms with Gasteiger partial charge in [0.15, 0.2) is 0 Å². The maximum atomic E-state index is 8.94. The molecule has 0 spiro atoms. The first-order valence-corrected chi connectivity index (χ1v) is 4.54. The fourth-order valence-electron chi connectivity index (χ4n) is 1.33. The topological polar surface area (TPSA) is 49.6 Å². The van der Waals surface area contributed by atoms with E-state index in [2.05, 4.69) is 23.0 Å². The highest BCUT2D eigenvalue weighted by atomic mass is 14.9. The van der Waals surface area contributed by atoms with E-state index in [9.17, 15) is 0 Å². The Bertz CT molecular complexity index is 361. The van der Waals surface area contributed by atoms with Crippen molar-refractivity contribution < 1.29 is 0 Å². The maximum absolute atomic E-state index is 8.94. The molecule has 1 aliphatic carbocycles. The largest absolute Gasteiger partial charge is 0.240 e. The van der Waals surface area contributed by atoms with E-state index in [-0.39, 0.29) is 5.41 Å². The molecule has 1 aromatic heterocycles. The lowest BCUT2D eigenvalue weighted by Crippen LogP contribution is -2.09. The third-order valence-electron chi connectivity index (χ3n) is 2.47. The minimum absolute atomic E-state index is 0.342. The second kappa shape index (κ2) is 2.81. The van der Waals surface area contributed by atoms with E-state index in [1.807, 2.05) is 6.07 Å². The van der Waals surface area contributed by atoms with E-state index in [0.29, 0.717) is 5.82 Å². The van der Waals surface area contributed by atoms with Crippen molar-refractivity contribution in [1.29, 1.82) is 5.26 Å². The van der Waals surface area contributed by atoms with Crippen molar-refractivity contribution in [3.8, 4) is 6.07 Å². The Morgan fingerprint density at radius 2 is 2.38 bits per heavy atom. The van der Waals surface area contributed by atoms with Crippen LogP contribution in [0.3, 0.4) is 0 Å². The Balaban J connectivity index is 2.37. The van der Waals surface area contributed by atoms with Gasteiger partial charge in [0.1, 0.15) is 11.2 Å². The molecule has 0 unspecified atom stereocenters. The molecular formula is C10H11N3. The lowest BCUT2D eigenvalue weighted by Gasteiger charge is -2.04. The van der Waals surface area contributed by atoms with Crippen LogP contribution in [0, 0.1) is 11.3 Å². The highest BCUT2D eigenvalue weighted by Crippen LogP contribution is 2.45. The summed E-state index contributed by atoms with van der Waals surface area (Å²) in [6.07, 6.45) is 4.48. The van der Waals surface area contributed by atoms with Gasteiger partial charge in [0.2, 0.25) is 0 Å². The number of nitrogens with zero attached hydrogens (tertiary/aromatic N) is 3. The number of hydrogen-bond donors (Lipinski definition) is 0. The van der Waals surface area contributed by atoms with Gasteiger partial charge in [0, 0.05) is 11.9 Å². The van der Waals surface area contributed by atoms with Gasteiger partial charge in [-0.25, -0.2) is 9.97 Å². The van der Waals surface area contributed by atoms with Crippen molar-refractivity contribution in [2.24, 2.45) is 0 Å². The van der Waals surface area contributed by atoms with Crippen LogP contribution in [0.25, 0.3) is 0 Å². The first-order chi connectivity index (χ1) is 6.30. The molecule has 0 N–H and O–H groups in total. The molecule has 1 aromatic rings. The summed E-state index contributed by atoms with van der Waals surface area (Å²) in [5.41, 5.74) is 0.678. The first kappa shape index (κ1) is 8.18. The fourth-order valence-corrected chi connectivity index (χ4v) is 1.33. The Hall–Kier alpha value is -1.43. The predicted octanol–water partition coefficient (Wildman–Crippen LogP) is 1.59. The van der Waals surface area contributed by atoms with Gasteiger partial charge in [-0.2, -0.15) is 5.26 Å². The Morgan fingerprint density at radius 1 is 1.62 bits per heavy atom. The molecule has 0 aliphatic heterocycles. The van der Waals surface area contributed by atoms with Gasteiger partial charge in [-0.3, -0.25) is 0 Å². The fraction of sp³-hybridized carbons (Fsp3) is 0.500. The predicted molar refractivity (Wildman–Crippen MR) is 47.9 cm³/mol. The molecule has 66 valence electrons. The van der Waals surface area contributed by atoms with Crippen molar-refractivity contribution in [3.63, 3.8) is 0 Å². The molecule has 0 bridgehead atoms. The van der Waals surface area contributed by atoms with E-state index in [0.717, 1.165) is 25.0 Å².